The fourth-order valence-electron chi connectivity index (χ4n) is 2.30. The largest absolute Gasteiger partial charge is 0.493 e. The second-order valence-corrected chi connectivity index (χ2v) is 6.08. The Morgan fingerprint density at radius 3 is 2.95 bits per heavy atom. The van der Waals surface area contributed by atoms with Crippen molar-refractivity contribution in [3.8, 4) is 5.75 Å². The van der Waals surface area contributed by atoms with Crippen molar-refractivity contribution in [2.75, 3.05) is 6.61 Å². The first-order chi connectivity index (χ1) is 9.76. The Morgan fingerprint density at radius 2 is 2.15 bits per heavy atom. The van der Waals surface area contributed by atoms with E-state index in [4.69, 9.17) is 4.74 Å². The van der Waals surface area contributed by atoms with E-state index in [1.807, 2.05) is 18.2 Å². The number of aryl methyl sites for hydroxylation is 1. The summed E-state index contributed by atoms with van der Waals surface area (Å²) in [4.78, 5) is 14.7. The van der Waals surface area contributed by atoms with Crippen LogP contribution in [0.15, 0.2) is 30.3 Å². The van der Waals surface area contributed by atoms with E-state index in [9.17, 15) is 4.79 Å². The number of carbonyl (C=O) groups excluding carboxylic acids is 1. The molecule has 0 fully saturated rings. The molecule has 104 valence electrons. The lowest BCUT2D eigenvalue weighted by atomic mass is 10.1. The molecule has 0 bridgehead atoms. The average Bonchev–Trinajstić information content (AvgIpc) is 3.12. The fraction of sp³-hybridized carbons (Fsp3) is 0.312. The van der Waals surface area contributed by atoms with Crippen LogP contribution in [0.25, 0.3) is 0 Å². The molecule has 0 saturated carbocycles. The van der Waals surface area contributed by atoms with Crippen LogP contribution in [0.3, 0.4) is 0 Å². The second-order valence-electron chi connectivity index (χ2n) is 4.83. The minimum Gasteiger partial charge on any atom is -0.493 e. The topological polar surface area (TPSA) is 38.3 Å². The molecule has 3 rings (SSSR count). The van der Waals surface area contributed by atoms with Gasteiger partial charge < -0.3 is 10.1 Å². The molecule has 2 aromatic rings. The molecule has 0 saturated heterocycles. The third-order valence-electron chi connectivity index (χ3n) is 3.44. The molecule has 1 N–H and O–H groups in total. The third-order valence-corrected chi connectivity index (χ3v) is 4.67. The number of hydrogen-bond acceptors (Lipinski definition) is 3. The molecule has 1 aromatic heterocycles. The summed E-state index contributed by atoms with van der Waals surface area (Å²) in [7, 11) is 0. The Balaban J connectivity index is 1.64. The lowest BCUT2D eigenvalue weighted by Gasteiger charge is -2.05. The molecular weight excluding hydrogens is 270 g/mol. The first-order valence-electron chi connectivity index (χ1n) is 6.88. The minimum absolute atomic E-state index is 0.0221. The summed E-state index contributed by atoms with van der Waals surface area (Å²) in [5.41, 5.74) is 1.84. The van der Waals surface area contributed by atoms with Gasteiger partial charge in [0.2, 0.25) is 0 Å². The molecular formula is C16H17NO2S. The number of nitrogens with one attached hydrogen (secondary N) is 1. The summed E-state index contributed by atoms with van der Waals surface area (Å²) >= 11 is 1.76. The molecule has 1 aromatic carbocycles. The maximum absolute atomic E-state index is 12.1. The molecule has 0 unspecified atom stereocenters. The van der Waals surface area contributed by atoms with Crippen LogP contribution < -0.4 is 10.1 Å². The van der Waals surface area contributed by atoms with E-state index in [0.29, 0.717) is 12.1 Å². The van der Waals surface area contributed by atoms with Crippen molar-refractivity contribution in [1.29, 1.82) is 0 Å². The first-order valence-corrected chi connectivity index (χ1v) is 7.69. The summed E-state index contributed by atoms with van der Waals surface area (Å²) < 4.78 is 5.45. The van der Waals surface area contributed by atoms with Gasteiger partial charge in [-0.05, 0) is 42.3 Å². The van der Waals surface area contributed by atoms with Crippen molar-refractivity contribution >= 4 is 17.2 Å². The molecule has 0 aliphatic carbocycles. The molecule has 20 heavy (non-hydrogen) atoms. The number of hydrogen-bond donors (Lipinski definition) is 1. The standard InChI is InChI=1S/C16H17NO2S/c1-2-13-4-5-14(20-13)10-17-16(18)12-3-6-15-11(9-12)7-8-19-15/h3-6,9H,2,7-8,10H2,1H3,(H,17,18). The van der Waals surface area contributed by atoms with Crippen LogP contribution in [-0.2, 0) is 19.4 Å². The molecule has 0 radical (unpaired) electrons. The number of carbonyl (C=O) groups is 1. The van der Waals surface area contributed by atoms with Gasteiger partial charge in [-0.3, -0.25) is 4.79 Å². The Labute approximate surface area is 122 Å². The van der Waals surface area contributed by atoms with Crippen LogP contribution in [0.4, 0.5) is 0 Å². The monoisotopic (exact) mass is 287 g/mol. The normalized spacial score (nSPS) is 12.8. The van der Waals surface area contributed by atoms with E-state index in [0.717, 1.165) is 30.8 Å². The summed E-state index contributed by atoms with van der Waals surface area (Å²) in [6.07, 6.45) is 1.94. The summed E-state index contributed by atoms with van der Waals surface area (Å²) in [6, 6.07) is 9.85. The van der Waals surface area contributed by atoms with E-state index < -0.39 is 0 Å². The van der Waals surface area contributed by atoms with Gasteiger partial charge in [0.05, 0.1) is 13.2 Å². The van der Waals surface area contributed by atoms with Gasteiger partial charge in [0, 0.05) is 21.7 Å². The summed E-state index contributed by atoms with van der Waals surface area (Å²) in [5, 5.41) is 2.97. The fourth-order valence-corrected chi connectivity index (χ4v) is 3.20. The molecule has 4 heteroatoms. The number of benzene rings is 1. The Bertz CT molecular complexity index is 633. The predicted molar refractivity (Wildman–Crippen MR) is 80.5 cm³/mol. The lowest BCUT2D eigenvalue weighted by Crippen LogP contribution is -2.22. The van der Waals surface area contributed by atoms with E-state index >= 15 is 0 Å². The summed E-state index contributed by atoms with van der Waals surface area (Å²) in [6.45, 7) is 3.45. The van der Waals surface area contributed by atoms with Crippen molar-refractivity contribution in [1.82, 2.24) is 5.32 Å². The highest BCUT2D eigenvalue weighted by Gasteiger charge is 2.14. The van der Waals surface area contributed by atoms with Gasteiger partial charge in [-0.25, -0.2) is 0 Å². The maximum atomic E-state index is 12.1. The highest BCUT2D eigenvalue weighted by molar-refractivity contribution is 7.11. The van der Waals surface area contributed by atoms with Crippen molar-refractivity contribution < 1.29 is 9.53 Å². The van der Waals surface area contributed by atoms with Crippen LogP contribution >= 0.6 is 11.3 Å². The number of fused-ring (bicyclic) bond motifs is 1. The Kier molecular flexibility index (Phi) is 3.74. The molecule has 1 aliphatic heterocycles. The van der Waals surface area contributed by atoms with Gasteiger partial charge in [0.25, 0.3) is 5.91 Å². The number of ether oxygens (including phenoxy) is 1. The van der Waals surface area contributed by atoms with Gasteiger partial charge >= 0.3 is 0 Å². The van der Waals surface area contributed by atoms with E-state index in [1.165, 1.54) is 9.75 Å². The van der Waals surface area contributed by atoms with E-state index in [-0.39, 0.29) is 5.91 Å². The average molecular weight is 287 g/mol. The van der Waals surface area contributed by atoms with Gasteiger partial charge in [-0.1, -0.05) is 6.92 Å². The highest BCUT2D eigenvalue weighted by Crippen LogP contribution is 2.25. The molecule has 0 spiro atoms. The first kappa shape index (κ1) is 13.2. The highest BCUT2D eigenvalue weighted by atomic mass is 32.1. The van der Waals surface area contributed by atoms with Crippen LogP contribution in [0.5, 0.6) is 5.75 Å². The molecule has 2 heterocycles. The van der Waals surface area contributed by atoms with Crippen molar-refractivity contribution in [2.45, 2.75) is 26.3 Å². The minimum atomic E-state index is -0.0221. The van der Waals surface area contributed by atoms with Crippen molar-refractivity contribution in [3.05, 3.63) is 51.2 Å². The second kappa shape index (κ2) is 5.67. The molecule has 1 amide bonds. The molecule has 0 atom stereocenters. The van der Waals surface area contributed by atoms with Crippen LogP contribution in [0.1, 0.15) is 32.6 Å². The van der Waals surface area contributed by atoms with Gasteiger partial charge in [0.1, 0.15) is 5.75 Å². The zero-order valence-electron chi connectivity index (χ0n) is 11.4. The maximum Gasteiger partial charge on any atom is 0.251 e. The SMILES string of the molecule is CCc1ccc(CNC(=O)c2ccc3c(c2)CCO3)s1. The Morgan fingerprint density at radius 1 is 1.30 bits per heavy atom. The zero-order valence-corrected chi connectivity index (χ0v) is 12.3. The van der Waals surface area contributed by atoms with Gasteiger partial charge in [-0.2, -0.15) is 0 Å². The molecule has 3 nitrogen and oxygen atoms in total. The smallest absolute Gasteiger partial charge is 0.251 e. The number of rotatable bonds is 4. The van der Waals surface area contributed by atoms with Crippen LogP contribution in [0, 0.1) is 0 Å². The Hall–Kier alpha value is -1.81. The quantitative estimate of drug-likeness (QED) is 0.938. The number of amides is 1. The summed E-state index contributed by atoms with van der Waals surface area (Å²) in [5.74, 6) is 0.888. The third kappa shape index (κ3) is 2.70. The van der Waals surface area contributed by atoms with Crippen molar-refractivity contribution in [2.24, 2.45) is 0 Å². The molecule has 1 aliphatic rings. The van der Waals surface area contributed by atoms with Crippen molar-refractivity contribution in [3.63, 3.8) is 0 Å². The number of thiophene rings is 1. The van der Waals surface area contributed by atoms with Crippen LogP contribution in [0.2, 0.25) is 0 Å². The van der Waals surface area contributed by atoms with Gasteiger partial charge in [0.15, 0.2) is 0 Å². The zero-order chi connectivity index (χ0) is 13.9. The lowest BCUT2D eigenvalue weighted by molar-refractivity contribution is 0.0951. The van der Waals surface area contributed by atoms with Crippen LogP contribution in [-0.4, -0.2) is 12.5 Å². The van der Waals surface area contributed by atoms with E-state index in [1.54, 1.807) is 11.3 Å². The van der Waals surface area contributed by atoms with E-state index in [2.05, 4.69) is 24.4 Å². The predicted octanol–water partition coefficient (Wildman–Crippen LogP) is 3.18. The van der Waals surface area contributed by atoms with Gasteiger partial charge in [-0.15, -0.1) is 11.3 Å².